The van der Waals surface area contributed by atoms with Gasteiger partial charge in [0.15, 0.2) is 0 Å². The maximum Gasteiger partial charge on any atom is 0.265 e. The van der Waals surface area contributed by atoms with Crippen molar-refractivity contribution in [3.05, 3.63) is 46.6 Å². The summed E-state index contributed by atoms with van der Waals surface area (Å²) >= 11 is 5.98. The molecule has 0 saturated heterocycles. The minimum atomic E-state index is -3.71. The lowest BCUT2D eigenvalue weighted by Gasteiger charge is -2.07. The van der Waals surface area contributed by atoms with Crippen molar-refractivity contribution in [3.63, 3.8) is 0 Å². The quantitative estimate of drug-likeness (QED) is 0.765. The van der Waals surface area contributed by atoms with Gasteiger partial charge in [-0.2, -0.15) is 0 Å². The molecular formula is C15H12ClN3O4S. The van der Waals surface area contributed by atoms with E-state index in [0.29, 0.717) is 27.4 Å². The van der Waals surface area contributed by atoms with Crippen LogP contribution >= 0.6 is 11.6 Å². The fourth-order valence-electron chi connectivity index (χ4n) is 2.29. The van der Waals surface area contributed by atoms with E-state index < -0.39 is 15.9 Å². The Hall–Kier alpha value is -2.45. The molecule has 0 aliphatic carbocycles. The van der Waals surface area contributed by atoms with Crippen molar-refractivity contribution >= 4 is 38.6 Å². The molecule has 1 aromatic carbocycles. The number of carbonyl (C=O) groups is 1. The number of nitrogens with one attached hydrogen (secondary N) is 1. The molecule has 1 N–H and O–H groups in total. The number of rotatable bonds is 3. The molecular weight excluding hydrogens is 354 g/mol. The number of aromatic nitrogens is 2. The maximum atomic E-state index is 12.4. The molecule has 1 amide bonds. The number of hydrogen-bond acceptors (Lipinski definition) is 6. The van der Waals surface area contributed by atoms with Gasteiger partial charge in [0.2, 0.25) is 10.0 Å². The molecule has 9 heteroatoms. The van der Waals surface area contributed by atoms with E-state index in [0.717, 1.165) is 6.26 Å². The van der Waals surface area contributed by atoms with Gasteiger partial charge in [0.25, 0.3) is 11.6 Å². The Kier molecular flexibility index (Phi) is 4.02. The van der Waals surface area contributed by atoms with E-state index >= 15 is 0 Å². The van der Waals surface area contributed by atoms with Crippen LogP contribution in [0.3, 0.4) is 0 Å². The van der Waals surface area contributed by atoms with Gasteiger partial charge in [-0.15, -0.1) is 0 Å². The van der Waals surface area contributed by atoms with Crippen LogP contribution in [0.4, 0.5) is 0 Å². The van der Waals surface area contributed by atoms with E-state index in [1.165, 1.54) is 6.07 Å². The molecule has 3 aromatic rings. The number of halogens is 1. The Morgan fingerprint density at radius 2 is 2.04 bits per heavy atom. The molecule has 0 atom stereocenters. The lowest BCUT2D eigenvalue weighted by molar-refractivity contribution is 0.0983. The summed E-state index contributed by atoms with van der Waals surface area (Å²) in [6.45, 7) is 1.64. The fourth-order valence-corrected chi connectivity index (χ4v) is 2.93. The van der Waals surface area contributed by atoms with Crippen LogP contribution in [0.5, 0.6) is 0 Å². The molecule has 0 unspecified atom stereocenters. The molecule has 0 fully saturated rings. The number of aryl methyl sites for hydroxylation is 1. The number of hydrogen-bond donors (Lipinski definition) is 1. The number of amides is 1. The van der Waals surface area contributed by atoms with E-state index in [1.807, 2.05) is 4.72 Å². The highest BCUT2D eigenvalue weighted by Crippen LogP contribution is 2.28. The van der Waals surface area contributed by atoms with Gasteiger partial charge in [-0.3, -0.25) is 4.79 Å². The predicted molar refractivity (Wildman–Crippen MR) is 89.3 cm³/mol. The zero-order valence-corrected chi connectivity index (χ0v) is 14.3. The summed E-state index contributed by atoms with van der Waals surface area (Å²) in [6, 6.07) is 8.38. The van der Waals surface area contributed by atoms with Crippen LogP contribution < -0.4 is 4.72 Å². The molecule has 24 heavy (non-hydrogen) atoms. The average molecular weight is 366 g/mol. The van der Waals surface area contributed by atoms with E-state index in [1.54, 1.807) is 31.2 Å². The molecule has 0 aliphatic rings. The normalized spacial score (nSPS) is 11.6. The van der Waals surface area contributed by atoms with Gasteiger partial charge < -0.3 is 4.52 Å². The molecule has 0 radical (unpaired) electrons. The molecule has 0 saturated carbocycles. The smallest absolute Gasteiger partial charge is 0.265 e. The lowest BCUT2D eigenvalue weighted by atomic mass is 10.1. The van der Waals surface area contributed by atoms with E-state index in [2.05, 4.69) is 10.1 Å². The second-order valence-corrected chi connectivity index (χ2v) is 7.40. The number of carbonyl (C=O) groups excluding carboxylic acids is 1. The average Bonchev–Trinajstić information content (AvgIpc) is 2.86. The maximum absolute atomic E-state index is 12.4. The van der Waals surface area contributed by atoms with Crippen LogP contribution in [-0.4, -0.2) is 30.7 Å². The van der Waals surface area contributed by atoms with Crippen molar-refractivity contribution in [3.8, 4) is 11.3 Å². The number of sulfonamides is 1. The third-order valence-electron chi connectivity index (χ3n) is 3.26. The molecule has 2 aromatic heterocycles. The first-order chi connectivity index (χ1) is 11.2. The standard InChI is InChI=1S/C15H12ClN3O4S/c1-8-13-11(14(20)19-24(2,21)22)7-12(17-15(13)23-18-8)9-4-3-5-10(16)6-9/h3-7H,1-2H3,(H,19,20). The van der Waals surface area contributed by atoms with Crippen LogP contribution in [0.15, 0.2) is 34.9 Å². The van der Waals surface area contributed by atoms with Gasteiger partial charge in [-0.1, -0.05) is 28.9 Å². The Morgan fingerprint density at radius 1 is 1.29 bits per heavy atom. The first kappa shape index (κ1) is 16.4. The first-order valence-corrected chi connectivity index (χ1v) is 9.06. The Bertz CT molecular complexity index is 1060. The third-order valence-corrected chi connectivity index (χ3v) is 4.05. The minimum absolute atomic E-state index is 0.110. The van der Waals surface area contributed by atoms with Crippen molar-refractivity contribution < 1.29 is 17.7 Å². The number of nitrogens with zero attached hydrogens (tertiary/aromatic N) is 2. The van der Waals surface area contributed by atoms with Gasteiger partial charge in [0.1, 0.15) is 0 Å². The minimum Gasteiger partial charge on any atom is -0.335 e. The number of fused-ring (bicyclic) bond motifs is 1. The van der Waals surface area contributed by atoms with E-state index in [9.17, 15) is 13.2 Å². The molecule has 124 valence electrons. The molecule has 7 nitrogen and oxygen atoms in total. The highest BCUT2D eigenvalue weighted by atomic mass is 35.5. The van der Waals surface area contributed by atoms with Gasteiger partial charge >= 0.3 is 0 Å². The molecule has 2 heterocycles. The summed E-state index contributed by atoms with van der Waals surface area (Å²) in [5.74, 6) is -0.778. The Morgan fingerprint density at radius 3 is 2.71 bits per heavy atom. The second-order valence-electron chi connectivity index (χ2n) is 5.22. The Balaban J connectivity index is 2.23. The second kappa shape index (κ2) is 5.88. The zero-order valence-electron chi connectivity index (χ0n) is 12.7. The fraction of sp³-hybridized carbons (Fsp3) is 0.133. The molecule has 0 aliphatic heterocycles. The summed E-state index contributed by atoms with van der Waals surface area (Å²) in [5.41, 5.74) is 1.77. The summed E-state index contributed by atoms with van der Waals surface area (Å²) in [5, 5.41) is 4.66. The van der Waals surface area contributed by atoms with Crippen molar-refractivity contribution in [2.45, 2.75) is 6.92 Å². The van der Waals surface area contributed by atoms with Gasteiger partial charge in [-0.05, 0) is 25.1 Å². The van der Waals surface area contributed by atoms with Gasteiger partial charge in [0, 0.05) is 10.6 Å². The summed E-state index contributed by atoms with van der Waals surface area (Å²) < 4.78 is 29.8. The van der Waals surface area contributed by atoms with Crippen LogP contribution in [0.2, 0.25) is 5.02 Å². The van der Waals surface area contributed by atoms with Crippen LogP contribution in [0, 0.1) is 6.92 Å². The van der Waals surface area contributed by atoms with Crippen molar-refractivity contribution in [2.24, 2.45) is 0 Å². The predicted octanol–water partition coefficient (Wildman–Crippen LogP) is 2.54. The van der Waals surface area contributed by atoms with E-state index in [-0.39, 0.29) is 11.3 Å². The molecule has 0 spiro atoms. The highest BCUT2D eigenvalue weighted by Gasteiger charge is 2.21. The van der Waals surface area contributed by atoms with Crippen LogP contribution in [0.25, 0.3) is 22.4 Å². The first-order valence-electron chi connectivity index (χ1n) is 6.80. The van der Waals surface area contributed by atoms with Gasteiger partial charge in [0.05, 0.1) is 28.6 Å². The highest BCUT2D eigenvalue weighted by molar-refractivity contribution is 7.89. The molecule has 3 rings (SSSR count). The van der Waals surface area contributed by atoms with Crippen LogP contribution in [-0.2, 0) is 10.0 Å². The van der Waals surface area contributed by atoms with Crippen LogP contribution in [0.1, 0.15) is 16.1 Å². The summed E-state index contributed by atoms with van der Waals surface area (Å²) in [6.07, 6.45) is 0.904. The third kappa shape index (κ3) is 3.24. The number of pyridine rings is 1. The zero-order chi connectivity index (χ0) is 17.5. The Labute approximate surface area is 142 Å². The molecule has 0 bridgehead atoms. The number of benzene rings is 1. The summed E-state index contributed by atoms with van der Waals surface area (Å²) in [4.78, 5) is 16.7. The topological polar surface area (TPSA) is 102 Å². The van der Waals surface area contributed by atoms with Crippen molar-refractivity contribution in [1.29, 1.82) is 0 Å². The monoisotopic (exact) mass is 365 g/mol. The lowest BCUT2D eigenvalue weighted by Crippen LogP contribution is -2.29. The largest absolute Gasteiger partial charge is 0.335 e. The van der Waals surface area contributed by atoms with Crippen molar-refractivity contribution in [1.82, 2.24) is 14.9 Å². The SMILES string of the molecule is Cc1noc2nc(-c3cccc(Cl)c3)cc(C(=O)NS(C)(=O)=O)c12. The van der Waals surface area contributed by atoms with Gasteiger partial charge in [-0.25, -0.2) is 18.1 Å². The van der Waals surface area contributed by atoms with E-state index in [4.69, 9.17) is 16.1 Å². The summed E-state index contributed by atoms with van der Waals surface area (Å²) in [7, 11) is -3.71. The van der Waals surface area contributed by atoms with Crippen molar-refractivity contribution in [2.75, 3.05) is 6.26 Å².